The van der Waals surface area contributed by atoms with Crippen LogP contribution >= 0.6 is 0 Å². The monoisotopic (exact) mass is 241 g/mol. The van der Waals surface area contributed by atoms with Crippen LogP contribution in [-0.4, -0.2) is 29.6 Å². The first-order valence-electron chi connectivity index (χ1n) is 4.22. The first kappa shape index (κ1) is 10.6. The lowest BCUT2D eigenvalue weighted by Gasteiger charge is -1.89. The number of aromatic amines is 1. The zero-order chi connectivity index (χ0) is 11.9. The van der Waals surface area contributed by atoms with Gasteiger partial charge in [0, 0.05) is 18.4 Å². The number of H-pyrrole nitrogens is 1. The average molecular weight is 241 g/mol. The maximum absolute atomic E-state index is 11.2. The lowest BCUT2D eigenvalue weighted by molar-refractivity contribution is -0.384. The number of nitro benzene ring substituents is 1. The number of nitro groups is 1. The Labute approximate surface area is 90.2 Å². The Kier molecular flexibility index (Phi) is 2.16. The van der Waals surface area contributed by atoms with Crippen molar-refractivity contribution < 1.29 is 13.3 Å². The zero-order valence-corrected chi connectivity index (χ0v) is 8.98. The van der Waals surface area contributed by atoms with E-state index in [-0.39, 0.29) is 10.8 Å². The van der Waals surface area contributed by atoms with Gasteiger partial charge >= 0.3 is 0 Å². The summed E-state index contributed by atoms with van der Waals surface area (Å²) in [5, 5.41) is 10.3. The molecule has 0 aliphatic rings. The Hall–Kier alpha value is -1.96. The number of non-ortho nitro benzene ring substituents is 1. The highest BCUT2D eigenvalue weighted by atomic mass is 32.2. The molecule has 1 heterocycles. The predicted molar refractivity (Wildman–Crippen MR) is 55.9 cm³/mol. The largest absolute Gasteiger partial charge is 0.329 e. The molecule has 0 saturated heterocycles. The highest BCUT2D eigenvalue weighted by Gasteiger charge is 2.15. The van der Waals surface area contributed by atoms with E-state index in [0.717, 1.165) is 6.26 Å². The van der Waals surface area contributed by atoms with E-state index in [0.29, 0.717) is 11.0 Å². The number of rotatable bonds is 2. The summed E-state index contributed by atoms with van der Waals surface area (Å²) in [7, 11) is -3.43. The summed E-state index contributed by atoms with van der Waals surface area (Å²) >= 11 is 0. The maximum Gasteiger partial charge on any atom is 0.271 e. The minimum atomic E-state index is -3.43. The number of hydrogen-bond donors (Lipinski definition) is 1. The smallest absolute Gasteiger partial charge is 0.271 e. The van der Waals surface area contributed by atoms with Crippen LogP contribution in [0.25, 0.3) is 11.0 Å². The fourth-order valence-corrected chi connectivity index (χ4v) is 1.82. The lowest BCUT2D eigenvalue weighted by atomic mass is 10.3. The number of aromatic nitrogens is 2. The third-order valence-corrected chi connectivity index (χ3v) is 2.90. The number of nitrogens with zero attached hydrogens (tertiary/aromatic N) is 2. The molecule has 84 valence electrons. The number of hydrogen-bond acceptors (Lipinski definition) is 5. The minimum Gasteiger partial charge on any atom is -0.329 e. The fraction of sp³-hybridized carbons (Fsp3) is 0.125. The van der Waals surface area contributed by atoms with E-state index in [2.05, 4.69) is 9.97 Å². The van der Waals surface area contributed by atoms with Crippen LogP contribution in [0.15, 0.2) is 23.4 Å². The van der Waals surface area contributed by atoms with Gasteiger partial charge in [-0.2, -0.15) is 0 Å². The summed E-state index contributed by atoms with van der Waals surface area (Å²) in [4.78, 5) is 16.3. The summed E-state index contributed by atoms with van der Waals surface area (Å²) in [6.45, 7) is 0. The first-order valence-corrected chi connectivity index (χ1v) is 6.11. The summed E-state index contributed by atoms with van der Waals surface area (Å²) in [6, 6.07) is 3.92. The van der Waals surface area contributed by atoms with Gasteiger partial charge in [0.15, 0.2) is 0 Å². The predicted octanol–water partition coefficient (Wildman–Crippen LogP) is 0.875. The molecule has 0 fully saturated rings. The van der Waals surface area contributed by atoms with Gasteiger partial charge in [-0.25, -0.2) is 13.4 Å². The van der Waals surface area contributed by atoms with Crippen LogP contribution in [-0.2, 0) is 9.84 Å². The topological polar surface area (TPSA) is 106 Å². The quantitative estimate of drug-likeness (QED) is 0.620. The van der Waals surface area contributed by atoms with Crippen LogP contribution < -0.4 is 0 Å². The molecule has 0 radical (unpaired) electrons. The van der Waals surface area contributed by atoms with E-state index in [1.54, 1.807) is 0 Å². The van der Waals surface area contributed by atoms with Crippen molar-refractivity contribution in [2.75, 3.05) is 6.26 Å². The van der Waals surface area contributed by atoms with Crippen LogP contribution in [0.4, 0.5) is 5.69 Å². The van der Waals surface area contributed by atoms with Crippen molar-refractivity contribution in [1.29, 1.82) is 0 Å². The molecule has 1 aromatic carbocycles. The molecule has 8 heteroatoms. The Morgan fingerprint density at radius 3 is 2.69 bits per heavy atom. The molecule has 0 aliphatic carbocycles. The SMILES string of the molecule is CS(=O)(=O)c1nc2ccc([N+](=O)[O-])cc2[nH]1. The highest BCUT2D eigenvalue weighted by Crippen LogP contribution is 2.20. The maximum atomic E-state index is 11.2. The van der Waals surface area contributed by atoms with Crippen molar-refractivity contribution in [3.63, 3.8) is 0 Å². The summed E-state index contributed by atoms with van der Waals surface area (Å²) in [6.07, 6.45) is 1.01. The number of imidazole rings is 1. The second-order valence-corrected chi connectivity index (χ2v) is 5.20. The fourth-order valence-electron chi connectivity index (χ4n) is 1.26. The van der Waals surface area contributed by atoms with E-state index in [4.69, 9.17) is 0 Å². The third-order valence-electron chi connectivity index (χ3n) is 2.01. The van der Waals surface area contributed by atoms with Crippen molar-refractivity contribution in [2.45, 2.75) is 5.16 Å². The van der Waals surface area contributed by atoms with E-state index < -0.39 is 14.8 Å². The number of benzene rings is 1. The van der Waals surface area contributed by atoms with Crippen LogP contribution in [0.3, 0.4) is 0 Å². The summed E-state index contributed by atoms with van der Waals surface area (Å²) in [5.41, 5.74) is 0.594. The molecule has 2 rings (SSSR count). The van der Waals surface area contributed by atoms with E-state index in [1.165, 1.54) is 18.2 Å². The van der Waals surface area contributed by atoms with Crippen LogP contribution in [0.5, 0.6) is 0 Å². The van der Waals surface area contributed by atoms with Crippen molar-refractivity contribution in [1.82, 2.24) is 9.97 Å². The van der Waals surface area contributed by atoms with E-state index in [9.17, 15) is 18.5 Å². The van der Waals surface area contributed by atoms with Crippen molar-refractivity contribution in [3.05, 3.63) is 28.3 Å². The first-order chi connectivity index (χ1) is 7.38. The molecule has 16 heavy (non-hydrogen) atoms. The van der Waals surface area contributed by atoms with Gasteiger partial charge in [-0.1, -0.05) is 0 Å². The van der Waals surface area contributed by atoms with Gasteiger partial charge in [-0.15, -0.1) is 0 Å². The molecule has 0 aliphatic heterocycles. The molecular formula is C8H7N3O4S. The minimum absolute atomic E-state index is 0.115. The second kappa shape index (κ2) is 3.27. The van der Waals surface area contributed by atoms with Crippen molar-refractivity contribution >= 4 is 26.6 Å². The van der Waals surface area contributed by atoms with Gasteiger partial charge in [0.25, 0.3) is 5.69 Å². The molecule has 0 spiro atoms. The van der Waals surface area contributed by atoms with Gasteiger partial charge in [-0.3, -0.25) is 10.1 Å². The molecule has 1 aromatic heterocycles. The molecule has 2 aromatic rings. The van der Waals surface area contributed by atoms with Gasteiger partial charge in [-0.05, 0) is 6.07 Å². The Bertz CT molecular complexity index is 674. The van der Waals surface area contributed by atoms with Gasteiger partial charge in [0.05, 0.1) is 16.0 Å². The van der Waals surface area contributed by atoms with Crippen LogP contribution in [0.1, 0.15) is 0 Å². The van der Waals surface area contributed by atoms with Crippen molar-refractivity contribution in [2.24, 2.45) is 0 Å². The number of fused-ring (bicyclic) bond motifs is 1. The standard InChI is InChI=1S/C8H7N3O4S/c1-16(14,15)8-9-6-3-2-5(11(12)13)4-7(6)10-8/h2-4H,1H3,(H,9,10). The molecule has 7 nitrogen and oxygen atoms in total. The van der Waals surface area contributed by atoms with E-state index in [1.807, 2.05) is 0 Å². The molecule has 0 bridgehead atoms. The van der Waals surface area contributed by atoms with Crippen molar-refractivity contribution in [3.8, 4) is 0 Å². The molecule has 1 N–H and O–H groups in total. The molecular weight excluding hydrogens is 234 g/mol. The molecule has 0 atom stereocenters. The average Bonchev–Trinajstić information content (AvgIpc) is 2.58. The lowest BCUT2D eigenvalue weighted by Crippen LogP contribution is -1.98. The van der Waals surface area contributed by atoms with E-state index >= 15 is 0 Å². The zero-order valence-electron chi connectivity index (χ0n) is 8.17. The normalized spacial score (nSPS) is 11.8. The van der Waals surface area contributed by atoms with Gasteiger partial charge in [0.2, 0.25) is 15.0 Å². The summed E-state index contributed by atoms with van der Waals surface area (Å²) < 4.78 is 22.4. The Balaban J connectivity index is 2.68. The highest BCUT2D eigenvalue weighted by molar-refractivity contribution is 7.90. The van der Waals surface area contributed by atoms with Gasteiger partial charge < -0.3 is 4.98 Å². The van der Waals surface area contributed by atoms with Crippen LogP contribution in [0, 0.1) is 10.1 Å². The molecule has 0 saturated carbocycles. The van der Waals surface area contributed by atoms with Gasteiger partial charge in [0.1, 0.15) is 0 Å². The molecule has 0 amide bonds. The summed E-state index contributed by atoms with van der Waals surface area (Å²) in [5.74, 6) is 0. The third kappa shape index (κ3) is 1.74. The van der Waals surface area contributed by atoms with Crippen LogP contribution in [0.2, 0.25) is 0 Å². The number of nitrogens with one attached hydrogen (secondary N) is 1. The number of sulfone groups is 1. The Morgan fingerprint density at radius 1 is 1.44 bits per heavy atom. The Morgan fingerprint density at radius 2 is 2.12 bits per heavy atom. The molecule has 0 unspecified atom stereocenters. The second-order valence-electron chi connectivity index (χ2n) is 3.27.